The zero-order chi connectivity index (χ0) is 16.4. The Balaban J connectivity index is 0. The maximum absolute atomic E-state index is 12.5. The first kappa shape index (κ1) is 24.1. The molecule has 0 aromatic heterocycles. The summed E-state index contributed by atoms with van der Waals surface area (Å²) in [6.07, 6.45) is 10.0. The Hall–Kier alpha value is -0.207. The molecule has 22 heavy (non-hydrogen) atoms. The van der Waals surface area contributed by atoms with E-state index in [0.29, 0.717) is 7.92 Å². The van der Waals surface area contributed by atoms with Gasteiger partial charge in [-0.25, -0.2) is 8.78 Å². The van der Waals surface area contributed by atoms with Crippen molar-refractivity contribution < 1.29 is 41.8 Å². The summed E-state index contributed by atoms with van der Waals surface area (Å²) in [5.74, 6) is -8.05. The molecule has 0 amide bonds. The minimum Gasteiger partial charge on any atom is -0.681 e. The Bertz CT molecular complexity index is 416. The third-order valence-corrected chi connectivity index (χ3v) is 1.70. The Morgan fingerprint density at radius 1 is 0.864 bits per heavy atom. The minimum absolute atomic E-state index is 0. The van der Waals surface area contributed by atoms with Gasteiger partial charge < -0.3 is 4.74 Å². The van der Waals surface area contributed by atoms with E-state index >= 15 is 0 Å². The molecule has 0 unspecified atom stereocenters. The van der Waals surface area contributed by atoms with Gasteiger partial charge in [0.15, 0.2) is 0 Å². The standard InChI is InChI=1S/C7H2F4O.C5H5.C3H9P.Rh/c1-12-4-2-3(8)5(9)7(11)6(4)10;1-2-4-5-3-1;1-4(2)3;/h1H2;1-5H;1-3H3;/q-2;;;+3. The predicted octanol–water partition coefficient (Wildman–Crippen LogP) is 4.59. The number of hydrogen-bond donors (Lipinski definition) is 0. The van der Waals surface area contributed by atoms with E-state index in [0.717, 1.165) is 0 Å². The molecule has 1 aromatic rings. The molecule has 5 radical (unpaired) electrons. The van der Waals surface area contributed by atoms with Gasteiger partial charge in [0, 0.05) is 5.75 Å². The second-order valence-electron chi connectivity index (χ2n) is 4.16. The van der Waals surface area contributed by atoms with Gasteiger partial charge in [-0.05, 0) is 52.1 Å². The normalized spacial score (nSPS) is 12.6. The van der Waals surface area contributed by atoms with Crippen molar-refractivity contribution in [3.63, 3.8) is 0 Å². The number of ether oxygens (including phenoxy) is 1. The predicted molar refractivity (Wildman–Crippen MR) is 77.3 cm³/mol. The molecule has 0 atom stereocenters. The first-order valence-corrected chi connectivity index (χ1v) is 8.44. The average molecular weight is 422 g/mol. The van der Waals surface area contributed by atoms with Gasteiger partial charge in [0.2, 0.25) is 0 Å². The van der Waals surface area contributed by atoms with Crippen molar-refractivity contribution in [2.24, 2.45) is 0 Å². The summed E-state index contributed by atoms with van der Waals surface area (Å²) in [5, 5.41) is 0. The van der Waals surface area contributed by atoms with Crippen LogP contribution in [0.25, 0.3) is 0 Å². The van der Waals surface area contributed by atoms with Crippen LogP contribution in [0.3, 0.4) is 0 Å². The average Bonchev–Trinajstić information content (AvgIpc) is 2.99. The summed E-state index contributed by atoms with van der Waals surface area (Å²) in [6, 6.07) is 1.49. The number of halogens is 4. The maximum Gasteiger partial charge on any atom is 3.00 e. The van der Waals surface area contributed by atoms with Crippen molar-refractivity contribution >= 4 is 7.92 Å². The molecule has 7 heteroatoms. The molecule has 1 fully saturated rings. The van der Waals surface area contributed by atoms with Crippen LogP contribution in [0.4, 0.5) is 17.6 Å². The van der Waals surface area contributed by atoms with E-state index in [4.69, 9.17) is 0 Å². The quantitative estimate of drug-likeness (QED) is 0.161. The molecule has 0 N–H and O–H groups in total. The van der Waals surface area contributed by atoms with E-state index in [2.05, 4.69) is 31.8 Å². The molecule has 1 nitrogen and oxygen atoms in total. The van der Waals surface area contributed by atoms with Crippen LogP contribution in [0.1, 0.15) is 0 Å². The fraction of sp³-hybridized carbons (Fsp3) is 0.200. The second kappa shape index (κ2) is 13.3. The van der Waals surface area contributed by atoms with Crippen LogP contribution >= 0.6 is 7.92 Å². The maximum atomic E-state index is 12.5. The van der Waals surface area contributed by atoms with E-state index < -0.39 is 29.0 Å². The molecule has 0 bridgehead atoms. The molecule has 1 aliphatic carbocycles. The molecule has 0 spiro atoms. The molecule has 0 saturated heterocycles. The molecule has 1 aliphatic rings. The summed E-state index contributed by atoms with van der Waals surface area (Å²) in [4.78, 5) is 0. The monoisotopic (exact) mass is 422 g/mol. The SMILES string of the molecule is CP(C)C.[CH2-]Oc1[c-]c(F)c(F)c(F)c1F.[CH]1[CH][CH][CH][CH]1.[Rh+3]. The van der Waals surface area contributed by atoms with Crippen molar-refractivity contribution in [3.05, 3.63) is 68.5 Å². The van der Waals surface area contributed by atoms with Crippen LogP contribution in [-0.2, 0) is 19.5 Å². The van der Waals surface area contributed by atoms with Crippen LogP contribution in [-0.4, -0.2) is 20.0 Å². The Kier molecular flexibility index (Phi) is 14.5. The Labute approximate surface area is 144 Å². The van der Waals surface area contributed by atoms with Crippen molar-refractivity contribution in [2.75, 3.05) is 20.0 Å². The van der Waals surface area contributed by atoms with Crippen molar-refractivity contribution in [3.8, 4) is 5.75 Å². The fourth-order valence-corrected chi connectivity index (χ4v) is 0.922. The van der Waals surface area contributed by atoms with E-state index in [1.165, 1.54) is 6.07 Å². The van der Waals surface area contributed by atoms with Gasteiger partial charge in [-0.1, -0.05) is 6.07 Å². The summed E-state index contributed by atoms with van der Waals surface area (Å²) in [7, 11) is 3.08. The van der Waals surface area contributed by atoms with Crippen molar-refractivity contribution in [1.82, 2.24) is 0 Å². The first-order valence-electron chi connectivity index (χ1n) is 5.76. The second-order valence-corrected chi connectivity index (χ2v) is 6.84. The number of hydrogen-bond acceptors (Lipinski definition) is 1. The van der Waals surface area contributed by atoms with Crippen molar-refractivity contribution in [1.29, 1.82) is 0 Å². The summed E-state index contributed by atoms with van der Waals surface area (Å²) in [5.41, 5.74) is 0. The topological polar surface area (TPSA) is 9.23 Å². The summed E-state index contributed by atoms with van der Waals surface area (Å²) in [6.45, 7) is 6.69. The molecule has 1 aromatic carbocycles. The Morgan fingerprint density at radius 3 is 1.55 bits per heavy atom. The van der Waals surface area contributed by atoms with Crippen LogP contribution in [0.15, 0.2) is 0 Å². The van der Waals surface area contributed by atoms with Gasteiger partial charge in [0.1, 0.15) is 0 Å². The first-order chi connectivity index (χ1) is 9.81. The van der Waals surface area contributed by atoms with E-state index in [1.54, 1.807) is 0 Å². The van der Waals surface area contributed by atoms with Crippen LogP contribution in [0.2, 0.25) is 0 Å². The number of rotatable bonds is 1. The van der Waals surface area contributed by atoms with Gasteiger partial charge >= 0.3 is 19.5 Å². The van der Waals surface area contributed by atoms with E-state index in [-0.39, 0.29) is 19.5 Å². The minimum atomic E-state index is -1.94. The smallest absolute Gasteiger partial charge is 0.681 e. The largest absolute Gasteiger partial charge is 3.00 e. The molecule has 0 heterocycles. The van der Waals surface area contributed by atoms with Gasteiger partial charge in [-0.3, -0.25) is 8.78 Å². The molecule has 123 valence electrons. The van der Waals surface area contributed by atoms with E-state index in [9.17, 15) is 17.6 Å². The van der Waals surface area contributed by atoms with Gasteiger partial charge in [-0.2, -0.15) is 7.11 Å². The third-order valence-electron chi connectivity index (χ3n) is 1.70. The fourth-order valence-electron chi connectivity index (χ4n) is 0.922. The van der Waals surface area contributed by atoms with Crippen LogP contribution in [0.5, 0.6) is 5.75 Å². The van der Waals surface area contributed by atoms with Crippen LogP contribution in [0, 0.1) is 68.5 Å². The molecule has 1 saturated carbocycles. The molecular weight excluding hydrogens is 406 g/mol. The molecular formula is C15H16F4OPRh+. The third kappa shape index (κ3) is 9.74. The molecule has 2 rings (SSSR count). The zero-order valence-corrected chi connectivity index (χ0v) is 14.8. The zero-order valence-electron chi connectivity index (χ0n) is 12.3. The van der Waals surface area contributed by atoms with Gasteiger partial charge in [-0.15, -0.1) is 7.92 Å². The summed E-state index contributed by atoms with van der Waals surface area (Å²) < 4.78 is 53.2. The van der Waals surface area contributed by atoms with E-state index in [1.807, 2.05) is 32.1 Å². The van der Waals surface area contributed by atoms with Gasteiger partial charge in [0.05, 0.1) is 23.3 Å². The van der Waals surface area contributed by atoms with Crippen molar-refractivity contribution in [2.45, 2.75) is 0 Å². The summed E-state index contributed by atoms with van der Waals surface area (Å²) >= 11 is 0. The van der Waals surface area contributed by atoms with Crippen LogP contribution < -0.4 is 4.74 Å². The number of benzene rings is 1. The molecule has 0 aliphatic heterocycles. The van der Waals surface area contributed by atoms with Gasteiger partial charge in [0.25, 0.3) is 0 Å². The Morgan fingerprint density at radius 2 is 1.23 bits per heavy atom.